The minimum absolute atomic E-state index is 0. The molecule has 0 aliphatic heterocycles. The first-order valence-corrected chi connectivity index (χ1v) is 0. The van der Waals surface area contributed by atoms with Gasteiger partial charge < -0.3 is 21.9 Å². The molecule has 0 unspecified atom stereocenters. The Bertz CT molecular complexity index is 7.51. The van der Waals surface area contributed by atoms with Gasteiger partial charge in [-0.05, 0) is 0 Å². The predicted molar refractivity (Wildman–Crippen MR) is 32.9 cm³/mol. The second-order valence-corrected chi connectivity index (χ2v) is 0. The topological polar surface area (TPSA) is 126 Å². The second kappa shape index (κ2) is 121. The van der Waals surface area contributed by atoms with Crippen LogP contribution >= 0.6 is 0 Å². The molecule has 0 saturated carbocycles. The van der Waals surface area contributed by atoms with Crippen LogP contribution in [-0.2, 0) is 0 Å². The molecular formula is H13BCaO4. The Morgan fingerprint density at radius 1 is 0.500 bits per heavy atom. The van der Waals surface area contributed by atoms with Crippen molar-refractivity contribution < 1.29 is 21.9 Å². The predicted octanol–water partition coefficient (Wildman–Crippen LogP) is -5.40. The fraction of sp³-hybridized carbons (Fsp3) is 0. The van der Waals surface area contributed by atoms with Crippen LogP contribution in [0.15, 0.2) is 0 Å². The average Bonchev–Trinajstić information content (AvgIpc) is 0. The maximum atomic E-state index is 0. The molecule has 8 N–H and O–H groups in total. The van der Waals surface area contributed by atoms with Crippen molar-refractivity contribution in [3.8, 4) is 0 Å². The molecule has 0 aliphatic rings. The SMILES string of the molecule is B.O.O.O.O.[CaH2]. The maximum absolute atomic E-state index is 0. The molecule has 0 aliphatic carbocycles. The molecule has 4 nitrogen and oxygen atoms in total. The van der Waals surface area contributed by atoms with Gasteiger partial charge >= 0.3 is 37.7 Å². The van der Waals surface area contributed by atoms with Crippen LogP contribution in [0.4, 0.5) is 0 Å². The van der Waals surface area contributed by atoms with Crippen LogP contribution in [0.2, 0.25) is 0 Å². The van der Waals surface area contributed by atoms with Crippen molar-refractivity contribution in [2.24, 2.45) is 0 Å². The van der Waals surface area contributed by atoms with Crippen LogP contribution in [0, 0.1) is 0 Å². The summed E-state index contributed by atoms with van der Waals surface area (Å²) in [5.74, 6) is 0. The van der Waals surface area contributed by atoms with Crippen LogP contribution in [-0.4, -0.2) is 68.1 Å². The Morgan fingerprint density at radius 3 is 0.500 bits per heavy atom. The molecule has 6 heteroatoms. The summed E-state index contributed by atoms with van der Waals surface area (Å²) in [5, 5.41) is 0. The standard InChI is InChI=1S/BH3.Ca.4H2O.2H/h1H3;;4*1H2;;. The summed E-state index contributed by atoms with van der Waals surface area (Å²) >= 11 is 0. The zero-order valence-electron chi connectivity index (χ0n) is 2.00. The molecule has 0 aromatic carbocycles. The van der Waals surface area contributed by atoms with E-state index in [2.05, 4.69) is 0 Å². The number of rotatable bonds is 0. The molecule has 0 aromatic rings. The molecular weight excluding hydrogens is 115 g/mol. The van der Waals surface area contributed by atoms with E-state index in [0.29, 0.717) is 0 Å². The van der Waals surface area contributed by atoms with E-state index in [1.54, 1.807) is 0 Å². The van der Waals surface area contributed by atoms with E-state index < -0.39 is 0 Å². The Hall–Kier alpha value is 1.16. The normalized spacial score (nSPS) is 0. The Balaban J connectivity index is 0. The summed E-state index contributed by atoms with van der Waals surface area (Å²) in [7, 11) is 0. The molecule has 0 amide bonds. The summed E-state index contributed by atoms with van der Waals surface area (Å²) < 4.78 is 0. The van der Waals surface area contributed by atoms with E-state index in [1.807, 2.05) is 0 Å². The van der Waals surface area contributed by atoms with E-state index in [9.17, 15) is 0 Å². The summed E-state index contributed by atoms with van der Waals surface area (Å²) in [4.78, 5) is 0. The van der Waals surface area contributed by atoms with Gasteiger partial charge in [0.1, 0.15) is 0 Å². The monoisotopic (exact) mass is 128 g/mol. The van der Waals surface area contributed by atoms with Crippen molar-refractivity contribution in [2.75, 3.05) is 0 Å². The molecule has 0 fully saturated rings. The van der Waals surface area contributed by atoms with Crippen LogP contribution in [0.25, 0.3) is 0 Å². The molecule has 42 valence electrons. The zero-order valence-corrected chi connectivity index (χ0v) is 2.00. The second-order valence-electron chi connectivity index (χ2n) is 0. The molecule has 0 radical (unpaired) electrons. The van der Waals surface area contributed by atoms with Gasteiger partial charge in [0, 0.05) is 0 Å². The van der Waals surface area contributed by atoms with Crippen molar-refractivity contribution in [3.63, 3.8) is 0 Å². The van der Waals surface area contributed by atoms with Gasteiger partial charge in [0.15, 0.2) is 0 Å². The van der Waals surface area contributed by atoms with Gasteiger partial charge in [-0.25, -0.2) is 0 Å². The molecule has 0 saturated heterocycles. The third-order valence-electron chi connectivity index (χ3n) is 0. The summed E-state index contributed by atoms with van der Waals surface area (Å²) in [5.41, 5.74) is 0. The van der Waals surface area contributed by atoms with Crippen molar-refractivity contribution in [3.05, 3.63) is 0 Å². The molecule has 0 atom stereocenters. The first-order chi connectivity index (χ1) is 0. The fourth-order valence-electron chi connectivity index (χ4n) is 0. The van der Waals surface area contributed by atoms with Gasteiger partial charge in [0.25, 0.3) is 0 Å². The van der Waals surface area contributed by atoms with Gasteiger partial charge in [0.05, 0.1) is 8.41 Å². The summed E-state index contributed by atoms with van der Waals surface area (Å²) in [6.07, 6.45) is 0. The molecule has 0 heterocycles. The van der Waals surface area contributed by atoms with Crippen LogP contribution in [0.3, 0.4) is 0 Å². The number of hydrogen-bond acceptors (Lipinski definition) is 0. The minimum atomic E-state index is 0. The molecule has 0 aromatic heterocycles. The Morgan fingerprint density at radius 2 is 0.500 bits per heavy atom. The first kappa shape index (κ1) is 201. The molecule has 6 heavy (non-hydrogen) atoms. The van der Waals surface area contributed by atoms with E-state index >= 15 is 0 Å². The zero-order chi connectivity index (χ0) is 0. The average molecular weight is 128 g/mol. The van der Waals surface area contributed by atoms with Crippen molar-refractivity contribution in [1.29, 1.82) is 0 Å². The number of hydrogen-bond donors (Lipinski definition) is 0. The Kier molecular flexibility index (Phi) is 4060. The Labute approximate surface area is 67.7 Å². The third-order valence-corrected chi connectivity index (χ3v) is 0. The van der Waals surface area contributed by atoms with E-state index in [-0.39, 0.29) is 68.1 Å². The van der Waals surface area contributed by atoms with E-state index in [4.69, 9.17) is 0 Å². The van der Waals surface area contributed by atoms with E-state index in [0.717, 1.165) is 0 Å². The quantitative estimate of drug-likeness (QED) is 0.288. The summed E-state index contributed by atoms with van der Waals surface area (Å²) in [6, 6.07) is 0. The van der Waals surface area contributed by atoms with Crippen molar-refractivity contribution >= 4 is 46.2 Å². The van der Waals surface area contributed by atoms with Crippen LogP contribution in [0.5, 0.6) is 0 Å². The third kappa shape index (κ3) is 66.0. The van der Waals surface area contributed by atoms with Crippen LogP contribution in [0.1, 0.15) is 0 Å². The van der Waals surface area contributed by atoms with Crippen molar-refractivity contribution in [2.45, 2.75) is 0 Å². The summed E-state index contributed by atoms with van der Waals surface area (Å²) in [6.45, 7) is 0. The van der Waals surface area contributed by atoms with Gasteiger partial charge in [-0.15, -0.1) is 0 Å². The van der Waals surface area contributed by atoms with Gasteiger partial charge in [0.2, 0.25) is 0 Å². The van der Waals surface area contributed by atoms with Gasteiger partial charge in [-0.3, -0.25) is 0 Å². The van der Waals surface area contributed by atoms with Gasteiger partial charge in [-0.2, -0.15) is 0 Å². The van der Waals surface area contributed by atoms with Gasteiger partial charge in [-0.1, -0.05) is 0 Å². The molecule has 0 bridgehead atoms. The molecule has 0 rings (SSSR count). The van der Waals surface area contributed by atoms with Crippen molar-refractivity contribution in [1.82, 2.24) is 0 Å². The van der Waals surface area contributed by atoms with E-state index in [1.165, 1.54) is 0 Å². The van der Waals surface area contributed by atoms with Crippen LogP contribution < -0.4 is 0 Å². The first-order valence-electron chi connectivity index (χ1n) is 0. The fourth-order valence-corrected chi connectivity index (χ4v) is 0. The molecule has 0 spiro atoms.